The van der Waals surface area contributed by atoms with Gasteiger partial charge in [0.25, 0.3) is 11.5 Å². The quantitative estimate of drug-likeness (QED) is 0.204. The molecule has 1 amide bonds. The van der Waals surface area contributed by atoms with Crippen molar-refractivity contribution in [3.63, 3.8) is 0 Å². The van der Waals surface area contributed by atoms with Gasteiger partial charge in [0.15, 0.2) is 4.80 Å². The van der Waals surface area contributed by atoms with Crippen LogP contribution in [0.15, 0.2) is 99.9 Å². The van der Waals surface area contributed by atoms with Crippen LogP contribution in [0.2, 0.25) is 10.0 Å². The molecule has 0 saturated heterocycles. The highest BCUT2D eigenvalue weighted by Crippen LogP contribution is 2.32. The Morgan fingerprint density at radius 2 is 1.67 bits per heavy atom. The second-order valence-electron chi connectivity index (χ2n) is 11.5. The molecule has 1 N–H and O–H groups in total. The lowest BCUT2D eigenvalue weighted by molar-refractivity contribution is -0.113. The van der Waals surface area contributed by atoms with Crippen LogP contribution in [-0.4, -0.2) is 15.0 Å². The highest BCUT2D eigenvalue weighted by atomic mass is 35.5. The Hall–Kier alpha value is -4.17. The van der Waals surface area contributed by atoms with Gasteiger partial charge in [-0.05, 0) is 85.9 Å². The molecule has 0 spiro atoms. The predicted octanol–water partition coefficient (Wildman–Crippen LogP) is 7.71. The van der Waals surface area contributed by atoms with Gasteiger partial charge in [-0.3, -0.25) is 14.2 Å². The Morgan fingerprint density at radius 3 is 2.33 bits per heavy atom. The lowest BCUT2D eigenvalue weighted by Crippen LogP contribution is -2.40. The second kappa shape index (κ2) is 12.3. The maximum atomic E-state index is 14.3. The summed E-state index contributed by atoms with van der Waals surface area (Å²) in [6.07, 6.45) is 1.90. The molecule has 0 fully saturated rings. The number of hydrogen-bond acceptors (Lipinski definition) is 4. The molecule has 6 rings (SSSR count). The van der Waals surface area contributed by atoms with Gasteiger partial charge in [-0.25, -0.2) is 4.99 Å². The summed E-state index contributed by atoms with van der Waals surface area (Å²) in [5.74, 6) is 0.0573. The molecule has 1 atom stereocenters. The first-order valence-corrected chi connectivity index (χ1v) is 16.2. The number of nitrogens with one attached hydrogen (secondary N) is 1. The molecule has 0 radical (unpaired) electrons. The van der Waals surface area contributed by atoms with E-state index in [1.54, 1.807) is 10.6 Å². The summed E-state index contributed by atoms with van der Waals surface area (Å²) in [7, 11) is 0. The third kappa shape index (κ3) is 5.84. The summed E-state index contributed by atoms with van der Waals surface area (Å²) < 4.78 is 4.27. The Kier molecular flexibility index (Phi) is 8.44. The van der Waals surface area contributed by atoms with Crippen LogP contribution in [0, 0.1) is 13.8 Å². The van der Waals surface area contributed by atoms with E-state index in [9.17, 15) is 9.59 Å². The normalized spacial score (nSPS) is 14.9. The van der Waals surface area contributed by atoms with Gasteiger partial charge in [-0.15, -0.1) is 0 Å². The van der Waals surface area contributed by atoms with Crippen molar-refractivity contribution < 1.29 is 4.79 Å². The summed E-state index contributed by atoms with van der Waals surface area (Å²) in [6.45, 7) is 10.1. The summed E-state index contributed by atoms with van der Waals surface area (Å²) in [6, 6.07) is 24.4. The molecule has 0 bridgehead atoms. The summed E-state index contributed by atoms with van der Waals surface area (Å²) in [5.41, 5.74) is 7.24. The number of amides is 1. The Balaban J connectivity index is 1.49. The van der Waals surface area contributed by atoms with Gasteiger partial charge in [0, 0.05) is 22.8 Å². The van der Waals surface area contributed by atoms with Gasteiger partial charge in [0.2, 0.25) is 0 Å². The molecule has 3 heterocycles. The number of benzene rings is 3. The molecule has 45 heavy (non-hydrogen) atoms. The third-order valence-electron chi connectivity index (χ3n) is 8.14. The van der Waals surface area contributed by atoms with E-state index >= 15 is 0 Å². The molecule has 5 aromatic rings. The molecule has 1 aliphatic heterocycles. The molecule has 0 unspecified atom stereocenters. The van der Waals surface area contributed by atoms with E-state index in [-0.39, 0.29) is 11.5 Å². The number of aromatic nitrogens is 2. The van der Waals surface area contributed by atoms with Gasteiger partial charge in [0.05, 0.1) is 31.9 Å². The molecule has 0 aliphatic carbocycles. The molecule has 9 heteroatoms. The largest absolute Gasteiger partial charge is 0.322 e. The van der Waals surface area contributed by atoms with Crippen molar-refractivity contribution in [2.45, 2.75) is 46.6 Å². The van der Waals surface area contributed by atoms with Crippen LogP contribution in [0.25, 0.3) is 11.8 Å². The molecular weight excluding hydrogens is 623 g/mol. The zero-order chi connectivity index (χ0) is 32.0. The van der Waals surface area contributed by atoms with Crippen LogP contribution >= 0.6 is 34.5 Å². The van der Waals surface area contributed by atoms with E-state index in [1.165, 1.54) is 16.9 Å². The molecule has 1 aliphatic rings. The molecule has 2 aromatic heterocycles. The Labute approximate surface area is 275 Å². The van der Waals surface area contributed by atoms with Gasteiger partial charge < -0.3 is 9.88 Å². The number of carbonyl (C=O) groups is 1. The smallest absolute Gasteiger partial charge is 0.271 e. The minimum Gasteiger partial charge on any atom is -0.322 e. The van der Waals surface area contributed by atoms with Crippen LogP contribution < -0.4 is 20.2 Å². The first kappa shape index (κ1) is 30.8. The van der Waals surface area contributed by atoms with Gasteiger partial charge in [-0.2, -0.15) is 0 Å². The van der Waals surface area contributed by atoms with E-state index in [0.29, 0.717) is 42.3 Å². The Bertz CT molecular complexity index is 2160. The van der Waals surface area contributed by atoms with E-state index in [1.807, 2.05) is 87.5 Å². The fraction of sp³-hybridized carbons (Fsp3) is 0.194. The Morgan fingerprint density at radius 1 is 0.956 bits per heavy atom. The molecular formula is C36H32Cl2N4O2S. The first-order chi connectivity index (χ1) is 21.5. The fourth-order valence-corrected chi connectivity index (χ4v) is 7.14. The monoisotopic (exact) mass is 654 g/mol. The highest BCUT2D eigenvalue weighted by Gasteiger charge is 2.32. The molecule has 6 nitrogen and oxygen atoms in total. The number of halogens is 2. The predicted molar refractivity (Wildman–Crippen MR) is 185 cm³/mol. The van der Waals surface area contributed by atoms with Gasteiger partial charge >= 0.3 is 0 Å². The van der Waals surface area contributed by atoms with Crippen molar-refractivity contribution in [2.75, 3.05) is 5.32 Å². The topological polar surface area (TPSA) is 68.4 Å². The van der Waals surface area contributed by atoms with Gasteiger partial charge in [0.1, 0.15) is 0 Å². The number of thiazole rings is 1. The standard InChI is InChI=1S/C36H32Cl2N4O2S/c1-20(2)24-11-13-25(14-12-24)33-32(34(43)40-27-9-7-6-8-10-27)22(4)39-36-42(33)35(44)31(45-36)18-26-17-21(3)41(23(26)5)28-15-16-29(37)30(38)19-28/h6-20,33H,1-5H3,(H,40,43)/b31-18-/t33-/m0/s1. The van der Waals surface area contributed by atoms with Crippen LogP contribution in [0.5, 0.6) is 0 Å². The number of fused-ring (bicyclic) bond motifs is 1. The number of nitrogens with zero attached hydrogens (tertiary/aromatic N) is 3. The van der Waals surface area contributed by atoms with Crippen molar-refractivity contribution in [3.8, 4) is 5.69 Å². The zero-order valence-corrected chi connectivity index (χ0v) is 27.9. The minimum absolute atomic E-state index is 0.200. The fourth-order valence-electron chi connectivity index (χ4n) is 5.81. The van der Waals surface area contributed by atoms with Crippen LogP contribution in [-0.2, 0) is 4.79 Å². The zero-order valence-electron chi connectivity index (χ0n) is 25.6. The lowest BCUT2D eigenvalue weighted by Gasteiger charge is -2.25. The maximum Gasteiger partial charge on any atom is 0.271 e. The number of allylic oxidation sites excluding steroid dienone is 1. The SMILES string of the molecule is CC1=C(C(=O)Nc2ccccc2)[C@H](c2ccc(C(C)C)cc2)n2c(s/c(=C\c3cc(C)n(-c4ccc(Cl)c(Cl)c4)c3C)c2=O)=N1. The number of para-hydroxylation sites is 1. The number of rotatable bonds is 6. The van der Waals surface area contributed by atoms with E-state index in [0.717, 1.165) is 28.2 Å². The third-order valence-corrected chi connectivity index (χ3v) is 9.86. The summed E-state index contributed by atoms with van der Waals surface area (Å²) in [5, 5.41) is 3.97. The molecule has 3 aromatic carbocycles. The van der Waals surface area contributed by atoms with Crippen LogP contribution in [0.1, 0.15) is 60.8 Å². The van der Waals surface area contributed by atoms with Crippen LogP contribution in [0.3, 0.4) is 0 Å². The van der Waals surface area contributed by atoms with E-state index < -0.39 is 6.04 Å². The maximum absolute atomic E-state index is 14.3. The average Bonchev–Trinajstić information content (AvgIpc) is 3.47. The molecule has 0 saturated carbocycles. The van der Waals surface area contributed by atoms with Crippen molar-refractivity contribution in [3.05, 3.63) is 148 Å². The lowest BCUT2D eigenvalue weighted by atomic mass is 9.93. The van der Waals surface area contributed by atoms with Gasteiger partial charge in [-0.1, -0.05) is 90.9 Å². The second-order valence-corrected chi connectivity index (χ2v) is 13.3. The molecule has 228 valence electrons. The van der Waals surface area contributed by atoms with E-state index in [2.05, 4.69) is 35.9 Å². The van der Waals surface area contributed by atoms with Crippen LogP contribution in [0.4, 0.5) is 5.69 Å². The van der Waals surface area contributed by atoms with Crippen molar-refractivity contribution in [1.82, 2.24) is 9.13 Å². The summed E-state index contributed by atoms with van der Waals surface area (Å²) in [4.78, 5) is 33.5. The van der Waals surface area contributed by atoms with Crippen molar-refractivity contribution in [2.24, 2.45) is 4.99 Å². The first-order valence-electron chi connectivity index (χ1n) is 14.7. The minimum atomic E-state index is -0.642. The number of anilines is 1. The summed E-state index contributed by atoms with van der Waals surface area (Å²) >= 11 is 13.8. The highest BCUT2D eigenvalue weighted by molar-refractivity contribution is 7.07. The van der Waals surface area contributed by atoms with Crippen molar-refractivity contribution >= 4 is 52.2 Å². The van der Waals surface area contributed by atoms with Crippen molar-refractivity contribution in [1.29, 1.82) is 0 Å². The number of hydrogen-bond donors (Lipinski definition) is 1. The number of aryl methyl sites for hydroxylation is 1. The number of carbonyl (C=O) groups excluding carboxylic acids is 1. The van der Waals surface area contributed by atoms with E-state index in [4.69, 9.17) is 28.2 Å². The average molecular weight is 656 g/mol.